The van der Waals surface area contributed by atoms with E-state index < -0.39 is 17.9 Å². The summed E-state index contributed by atoms with van der Waals surface area (Å²) in [5.41, 5.74) is 0. The van der Waals surface area contributed by atoms with E-state index in [0.29, 0.717) is 19.3 Å². The van der Waals surface area contributed by atoms with Crippen molar-refractivity contribution in [1.29, 1.82) is 0 Å². The first kappa shape index (κ1) is 35.1. The number of quaternary nitrogens is 1. The van der Waals surface area contributed by atoms with Gasteiger partial charge in [0.05, 0.1) is 26.2 Å². The summed E-state index contributed by atoms with van der Waals surface area (Å²) in [5, 5.41) is 28.9. The van der Waals surface area contributed by atoms with Gasteiger partial charge in [0, 0.05) is 18.8 Å². The fourth-order valence-corrected chi connectivity index (χ4v) is 5.07. The second-order valence-corrected chi connectivity index (χ2v) is 10.6. The van der Waals surface area contributed by atoms with Crippen LogP contribution in [-0.4, -0.2) is 58.8 Å². The van der Waals surface area contributed by atoms with Crippen LogP contribution in [0.1, 0.15) is 135 Å². The molecule has 0 radical (unpaired) electrons. The molecule has 0 aliphatic rings. The van der Waals surface area contributed by atoms with Gasteiger partial charge in [-0.05, 0) is 77.0 Å². The minimum atomic E-state index is -1.02. The quantitative estimate of drug-likeness (QED) is 0.0724. The number of unbranched alkanes of at least 4 members (excludes halogenated alkanes) is 12. The Hall–Kier alpha value is -1.89. The fraction of sp³-hybridized carbons (Fsp3) is 0.833. The summed E-state index contributed by atoms with van der Waals surface area (Å²) in [6.07, 6.45) is 22.8. The summed E-state index contributed by atoms with van der Waals surface area (Å²) in [4.78, 5) is 32.8. The Balaban J connectivity index is 4.59. The molecule has 0 atom stereocenters. The van der Waals surface area contributed by atoms with Crippen LogP contribution in [0.5, 0.6) is 0 Å². The summed E-state index contributed by atoms with van der Waals surface area (Å²) >= 11 is 0. The Morgan fingerprint density at radius 2 is 0.946 bits per heavy atom. The first-order valence-corrected chi connectivity index (χ1v) is 14.9. The van der Waals surface area contributed by atoms with E-state index in [0.717, 1.165) is 62.8 Å². The summed E-state index contributed by atoms with van der Waals surface area (Å²) < 4.78 is 0.846. The molecule has 0 unspecified atom stereocenters. The van der Waals surface area contributed by atoms with Gasteiger partial charge < -0.3 is 24.6 Å². The van der Waals surface area contributed by atoms with Crippen LogP contribution in [0.4, 0.5) is 0 Å². The summed E-state index contributed by atoms with van der Waals surface area (Å²) in [6.45, 7) is 5.77. The second-order valence-electron chi connectivity index (χ2n) is 10.6. The first-order valence-electron chi connectivity index (χ1n) is 14.9. The third kappa shape index (κ3) is 24.2. The SMILES string of the molecule is CC/C=C/CCCCCCCCCCC[N+](CCCCC(=O)[O-])(CCCCC(=O)O)CCCCC(=O)O. The van der Waals surface area contributed by atoms with Gasteiger partial charge in [-0.3, -0.25) is 9.59 Å². The van der Waals surface area contributed by atoms with Crippen LogP contribution >= 0.6 is 0 Å². The molecule has 7 nitrogen and oxygen atoms in total. The van der Waals surface area contributed by atoms with Crippen LogP contribution < -0.4 is 5.11 Å². The lowest BCUT2D eigenvalue weighted by atomic mass is 10.0. The number of hydrogen-bond donors (Lipinski definition) is 2. The molecular weight excluding hydrogens is 470 g/mol. The molecular formula is C30H55NO6. The molecule has 7 heteroatoms. The maximum atomic E-state index is 11.0. The van der Waals surface area contributed by atoms with E-state index in [1.165, 1.54) is 57.8 Å². The molecule has 0 rings (SSSR count). The zero-order chi connectivity index (χ0) is 27.6. The molecule has 2 N–H and O–H groups in total. The van der Waals surface area contributed by atoms with E-state index in [9.17, 15) is 19.5 Å². The molecule has 0 aliphatic heterocycles. The average Bonchev–Trinajstić information content (AvgIpc) is 2.84. The highest BCUT2D eigenvalue weighted by molar-refractivity contribution is 5.66. The van der Waals surface area contributed by atoms with Crippen molar-refractivity contribution < 1.29 is 34.2 Å². The predicted molar refractivity (Wildman–Crippen MR) is 147 cm³/mol. The average molecular weight is 526 g/mol. The van der Waals surface area contributed by atoms with E-state index in [-0.39, 0.29) is 19.3 Å². The van der Waals surface area contributed by atoms with Gasteiger partial charge in [-0.1, -0.05) is 57.6 Å². The van der Waals surface area contributed by atoms with Crippen molar-refractivity contribution in [2.24, 2.45) is 0 Å². The van der Waals surface area contributed by atoms with E-state index in [1.807, 2.05) is 0 Å². The molecule has 0 spiro atoms. The van der Waals surface area contributed by atoms with Gasteiger partial charge in [0.2, 0.25) is 0 Å². The van der Waals surface area contributed by atoms with Crippen molar-refractivity contribution in [2.75, 3.05) is 26.2 Å². The van der Waals surface area contributed by atoms with Crippen LogP contribution in [0.25, 0.3) is 0 Å². The number of carboxylic acid groups (broad SMARTS) is 3. The maximum absolute atomic E-state index is 11.0. The van der Waals surface area contributed by atoms with Gasteiger partial charge >= 0.3 is 11.9 Å². The zero-order valence-corrected chi connectivity index (χ0v) is 23.6. The smallest absolute Gasteiger partial charge is 0.303 e. The molecule has 0 aromatic rings. The highest BCUT2D eigenvalue weighted by Gasteiger charge is 2.26. The molecule has 0 amide bonds. The lowest BCUT2D eigenvalue weighted by Crippen LogP contribution is -2.51. The van der Waals surface area contributed by atoms with Gasteiger partial charge in [0.25, 0.3) is 0 Å². The second kappa shape index (κ2) is 24.4. The van der Waals surface area contributed by atoms with Crippen LogP contribution in [0, 0.1) is 0 Å². The molecule has 0 bridgehead atoms. The Morgan fingerprint density at radius 1 is 0.568 bits per heavy atom. The molecule has 0 aliphatic carbocycles. The molecule has 216 valence electrons. The molecule has 0 heterocycles. The lowest BCUT2D eigenvalue weighted by molar-refractivity contribution is -0.929. The van der Waals surface area contributed by atoms with Gasteiger partial charge in [0.15, 0.2) is 0 Å². The van der Waals surface area contributed by atoms with Crippen LogP contribution in [-0.2, 0) is 14.4 Å². The number of rotatable bonds is 28. The number of aliphatic carboxylic acids is 3. The Bertz CT molecular complexity index is 564. The van der Waals surface area contributed by atoms with Crippen molar-refractivity contribution in [3.63, 3.8) is 0 Å². The van der Waals surface area contributed by atoms with Crippen molar-refractivity contribution in [3.05, 3.63) is 12.2 Å². The normalized spacial score (nSPS) is 11.8. The van der Waals surface area contributed by atoms with Gasteiger partial charge in [-0.2, -0.15) is 0 Å². The summed E-state index contributed by atoms with van der Waals surface area (Å²) in [6, 6.07) is 0. The minimum absolute atomic E-state index is 0.0630. The van der Waals surface area contributed by atoms with E-state index >= 15 is 0 Å². The van der Waals surface area contributed by atoms with Crippen molar-refractivity contribution >= 4 is 17.9 Å². The number of carbonyl (C=O) groups is 3. The number of allylic oxidation sites excluding steroid dienone is 2. The van der Waals surface area contributed by atoms with Gasteiger partial charge in [-0.15, -0.1) is 0 Å². The fourth-order valence-electron chi connectivity index (χ4n) is 5.07. The molecule has 0 aromatic heterocycles. The van der Waals surface area contributed by atoms with Crippen molar-refractivity contribution in [2.45, 2.75) is 135 Å². The van der Waals surface area contributed by atoms with Gasteiger partial charge in [0.1, 0.15) is 0 Å². The number of nitrogens with zero attached hydrogens (tertiary/aromatic N) is 1. The highest BCUT2D eigenvalue weighted by atomic mass is 16.4. The first-order chi connectivity index (χ1) is 17.8. The molecule has 37 heavy (non-hydrogen) atoms. The lowest BCUT2D eigenvalue weighted by Gasteiger charge is -2.39. The third-order valence-electron chi connectivity index (χ3n) is 7.22. The van der Waals surface area contributed by atoms with Crippen molar-refractivity contribution in [1.82, 2.24) is 0 Å². The number of carbonyl (C=O) groups excluding carboxylic acids is 1. The van der Waals surface area contributed by atoms with E-state index in [1.54, 1.807) is 0 Å². The third-order valence-corrected chi connectivity index (χ3v) is 7.22. The van der Waals surface area contributed by atoms with E-state index in [4.69, 9.17) is 10.2 Å². The number of hydrogen-bond acceptors (Lipinski definition) is 4. The molecule has 0 saturated heterocycles. The maximum Gasteiger partial charge on any atom is 0.303 e. The van der Waals surface area contributed by atoms with Gasteiger partial charge in [-0.25, -0.2) is 0 Å². The highest BCUT2D eigenvalue weighted by Crippen LogP contribution is 2.19. The standard InChI is InChI=1S/C30H55NO6/c1-2-3-4-5-6-7-8-9-10-11-12-13-17-24-31(25-18-14-21-28(32)33,26-19-15-22-29(34)35)27-20-16-23-30(36)37/h3-4H,2,5-27H2,1H3,(H2-,32,33,34,35,36,37)/b4-3+. The topological polar surface area (TPSA) is 115 Å². The minimum Gasteiger partial charge on any atom is -0.550 e. The molecule has 0 aromatic carbocycles. The largest absolute Gasteiger partial charge is 0.550 e. The predicted octanol–water partition coefficient (Wildman–Crippen LogP) is 6.10. The Labute approximate surface area is 225 Å². The van der Waals surface area contributed by atoms with Crippen molar-refractivity contribution in [3.8, 4) is 0 Å². The zero-order valence-electron chi connectivity index (χ0n) is 23.6. The number of carboxylic acids is 3. The van der Waals surface area contributed by atoms with Crippen LogP contribution in [0.3, 0.4) is 0 Å². The Morgan fingerprint density at radius 3 is 1.35 bits per heavy atom. The van der Waals surface area contributed by atoms with E-state index in [2.05, 4.69) is 19.1 Å². The summed E-state index contributed by atoms with van der Waals surface area (Å²) in [5.74, 6) is -2.57. The van der Waals surface area contributed by atoms with Crippen LogP contribution in [0.15, 0.2) is 12.2 Å². The monoisotopic (exact) mass is 525 g/mol. The van der Waals surface area contributed by atoms with Crippen LogP contribution in [0.2, 0.25) is 0 Å². The molecule has 0 fully saturated rings. The summed E-state index contributed by atoms with van der Waals surface area (Å²) in [7, 11) is 0. The Kier molecular flexibility index (Phi) is 23.2. The molecule has 0 saturated carbocycles.